The molecule has 2 fully saturated rings. The van der Waals surface area contributed by atoms with E-state index >= 15 is 0 Å². The highest BCUT2D eigenvalue weighted by molar-refractivity contribution is 5.83. The summed E-state index contributed by atoms with van der Waals surface area (Å²) in [6.07, 6.45) is 3.26. The van der Waals surface area contributed by atoms with Crippen LogP contribution in [0.25, 0.3) is 10.8 Å². The number of carbonyl (C=O) groups excluding carboxylic acids is 1. The van der Waals surface area contributed by atoms with E-state index in [0.29, 0.717) is 31.7 Å². The summed E-state index contributed by atoms with van der Waals surface area (Å²) in [6, 6.07) is 9.21. The molecule has 0 saturated carbocycles. The van der Waals surface area contributed by atoms with Gasteiger partial charge in [0, 0.05) is 30.9 Å². The van der Waals surface area contributed by atoms with Gasteiger partial charge in [0.15, 0.2) is 0 Å². The number of amides is 1. The van der Waals surface area contributed by atoms with Crippen molar-refractivity contribution in [1.82, 2.24) is 24.5 Å². The summed E-state index contributed by atoms with van der Waals surface area (Å²) < 4.78 is 15.2. The zero-order valence-electron chi connectivity index (χ0n) is 16.7. The van der Waals surface area contributed by atoms with Gasteiger partial charge in [0.05, 0.1) is 30.3 Å². The Kier molecular flexibility index (Phi) is 4.84. The third kappa shape index (κ3) is 3.40. The molecule has 2 aromatic heterocycles. The highest BCUT2D eigenvalue weighted by Crippen LogP contribution is 2.24. The van der Waals surface area contributed by atoms with Crippen LogP contribution < -0.4 is 5.56 Å². The van der Waals surface area contributed by atoms with Crippen molar-refractivity contribution in [3.8, 4) is 0 Å². The Bertz CT molecular complexity index is 1110. The predicted molar refractivity (Wildman–Crippen MR) is 108 cm³/mol. The van der Waals surface area contributed by atoms with Gasteiger partial charge in [0.1, 0.15) is 18.8 Å². The lowest BCUT2D eigenvalue weighted by atomic mass is 10.1. The molecule has 156 valence electrons. The molecule has 0 N–H and O–H groups in total. The summed E-state index contributed by atoms with van der Waals surface area (Å²) in [7, 11) is 0. The van der Waals surface area contributed by atoms with Gasteiger partial charge in [-0.1, -0.05) is 18.2 Å². The van der Waals surface area contributed by atoms with Gasteiger partial charge in [0.25, 0.3) is 5.56 Å². The Morgan fingerprint density at radius 3 is 2.47 bits per heavy atom. The van der Waals surface area contributed by atoms with Crippen molar-refractivity contribution in [2.24, 2.45) is 0 Å². The van der Waals surface area contributed by atoms with E-state index in [1.54, 1.807) is 17.2 Å². The first-order valence-electron chi connectivity index (χ1n) is 10.1. The van der Waals surface area contributed by atoms with Crippen LogP contribution in [0.15, 0.2) is 47.5 Å². The standard InChI is InChI=1S/C21H23N5O4/c1-14-16-5-2-3-6-17(16)21(28)26(23-14)11-20(27)24-9-18-19(10-24)30-13-15(12-29-18)25-8-4-7-22-25/h2-8,15,18-19H,9-13H2,1H3/t18-,19-/m0/s1. The van der Waals surface area contributed by atoms with Gasteiger partial charge < -0.3 is 14.4 Å². The normalized spacial score (nSPS) is 22.2. The Hall–Kier alpha value is -3.04. The number of benzene rings is 1. The van der Waals surface area contributed by atoms with Crippen LogP contribution in [0.1, 0.15) is 11.7 Å². The maximum Gasteiger partial charge on any atom is 0.275 e. The quantitative estimate of drug-likeness (QED) is 0.635. The lowest BCUT2D eigenvalue weighted by Gasteiger charge is -2.19. The van der Waals surface area contributed by atoms with Gasteiger partial charge in [-0.3, -0.25) is 14.3 Å². The van der Waals surface area contributed by atoms with Crippen molar-refractivity contribution in [3.05, 3.63) is 58.8 Å². The smallest absolute Gasteiger partial charge is 0.275 e. The number of nitrogens with zero attached hydrogens (tertiary/aromatic N) is 5. The summed E-state index contributed by atoms with van der Waals surface area (Å²) in [6.45, 7) is 3.59. The first kappa shape index (κ1) is 19.0. The lowest BCUT2D eigenvalue weighted by Crippen LogP contribution is -2.37. The second kappa shape index (κ2) is 7.66. The number of aryl methyl sites for hydroxylation is 1. The molecule has 9 heteroatoms. The maximum atomic E-state index is 12.9. The van der Waals surface area contributed by atoms with Crippen molar-refractivity contribution in [2.75, 3.05) is 26.3 Å². The fraction of sp³-hybridized carbons (Fsp3) is 0.429. The first-order valence-corrected chi connectivity index (χ1v) is 10.1. The van der Waals surface area contributed by atoms with Crippen LogP contribution in [0.2, 0.25) is 0 Å². The second-order valence-corrected chi connectivity index (χ2v) is 7.78. The minimum atomic E-state index is -0.257. The van der Waals surface area contributed by atoms with E-state index in [-0.39, 0.29) is 36.3 Å². The highest BCUT2D eigenvalue weighted by atomic mass is 16.6. The molecule has 0 unspecified atom stereocenters. The van der Waals surface area contributed by atoms with Crippen LogP contribution in [0, 0.1) is 6.92 Å². The number of likely N-dealkylation sites (tertiary alicyclic amines) is 1. The SMILES string of the molecule is Cc1nn(CC(=O)N2C[C@@H]3OCC(n4cccn4)CO[C@H]3C2)c(=O)c2ccccc12. The minimum absolute atomic E-state index is 0.0260. The Balaban J connectivity index is 1.27. The lowest BCUT2D eigenvalue weighted by molar-refractivity contribution is -0.132. The zero-order valence-corrected chi connectivity index (χ0v) is 16.7. The van der Waals surface area contributed by atoms with Crippen molar-refractivity contribution < 1.29 is 14.3 Å². The predicted octanol–water partition coefficient (Wildman–Crippen LogP) is 0.769. The molecule has 1 aromatic carbocycles. The van der Waals surface area contributed by atoms with Gasteiger partial charge in [-0.15, -0.1) is 0 Å². The highest BCUT2D eigenvalue weighted by Gasteiger charge is 2.39. The van der Waals surface area contributed by atoms with Crippen LogP contribution in [0.5, 0.6) is 0 Å². The molecule has 2 aliphatic heterocycles. The molecular weight excluding hydrogens is 386 g/mol. The van der Waals surface area contributed by atoms with E-state index in [0.717, 1.165) is 11.1 Å². The van der Waals surface area contributed by atoms with Crippen molar-refractivity contribution >= 4 is 16.7 Å². The van der Waals surface area contributed by atoms with E-state index in [9.17, 15) is 9.59 Å². The molecule has 3 aromatic rings. The maximum absolute atomic E-state index is 12.9. The molecule has 1 amide bonds. The molecule has 0 radical (unpaired) electrons. The Morgan fingerprint density at radius 1 is 1.10 bits per heavy atom. The van der Waals surface area contributed by atoms with E-state index in [1.165, 1.54) is 4.68 Å². The van der Waals surface area contributed by atoms with Gasteiger partial charge in [-0.25, -0.2) is 4.68 Å². The fourth-order valence-corrected chi connectivity index (χ4v) is 4.17. The minimum Gasteiger partial charge on any atom is -0.371 e. The Labute approximate surface area is 172 Å². The number of fused-ring (bicyclic) bond motifs is 2. The van der Waals surface area contributed by atoms with Crippen molar-refractivity contribution in [1.29, 1.82) is 0 Å². The number of hydrogen-bond acceptors (Lipinski definition) is 6. The number of hydrogen-bond donors (Lipinski definition) is 0. The van der Waals surface area contributed by atoms with Gasteiger partial charge in [-0.2, -0.15) is 10.2 Å². The molecule has 2 aliphatic rings. The first-order chi connectivity index (χ1) is 14.6. The average Bonchev–Trinajstić information content (AvgIpc) is 3.39. The van der Waals surface area contributed by atoms with Crippen LogP contribution >= 0.6 is 0 Å². The molecule has 5 rings (SSSR count). The van der Waals surface area contributed by atoms with E-state index in [4.69, 9.17) is 9.47 Å². The third-order valence-electron chi connectivity index (χ3n) is 5.81. The van der Waals surface area contributed by atoms with E-state index < -0.39 is 0 Å². The largest absolute Gasteiger partial charge is 0.371 e. The number of carbonyl (C=O) groups is 1. The fourth-order valence-electron chi connectivity index (χ4n) is 4.17. The van der Waals surface area contributed by atoms with Gasteiger partial charge in [-0.05, 0) is 19.1 Å². The molecular formula is C21H23N5O4. The molecule has 30 heavy (non-hydrogen) atoms. The monoisotopic (exact) mass is 409 g/mol. The summed E-state index contributed by atoms with van der Waals surface area (Å²) in [5.41, 5.74) is 0.466. The van der Waals surface area contributed by atoms with E-state index in [2.05, 4.69) is 10.2 Å². The van der Waals surface area contributed by atoms with Crippen LogP contribution in [-0.2, 0) is 20.8 Å². The topological polar surface area (TPSA) is 91.5 Å². The summed E-state index contributed by atoms with van der Waals surface area (Å²) in [5, 5.41) is 9.97. The Morgan fingerprint density at radius 2 is 1.80 bits per heavy atom. The van der Waals surface area contributed by atoms with Crippen LogP contribution in [-0.4, -0.2) is 68.9 Å². The zero-order chi connectivity index (χ0) is 20.7. The number of rotatable bonds is 3. The molecule has 0 spiro atoms. The van der Waals surface area contributed by atoms with Gasteiger partial charge >= 0.3 is 0 Å². The molecule has 2 atom stereocenters. The van der Waals surface area contributed by atoms with Crippen LogP contribution in [0.4, 0.5) is 0 Å². The molecule has 4 heterocycles. The summed E-state index contributed by atoms with van der Waals surface area (Å²) >= 11 is 0. The van der Waals surface area contributed by atoms with Crippen molar-refractivity contribution in [3.63, 3.8) is 0 Å². The second-order valence-electron chi connectivity index (χ2n) is 7.78. The number of ether oxygens (including phenoxy) is 2. The average molecular weight is 409 g/mol. The third-order valence-corrected chi connectivity index (χ3v) is 5.81. The molecule has 2 saturated heterocycles. The van der Waals surface area contributed by atoms with Crippen LogP contribution in [0.3, 0.4) is 0 Å². The number of aromatic nitrogens is 4. The summed E-state index contributed by atoms with van der Waals surface area (Å²) in [5.74, 6) is -0.164. The molecule has 0 aliphatic carbocycles. The van der Waals surface area contributed by atoms with Gasteiger partial charge in [0.2, 0.25) is 5.91 Å². The van der Waals surface area contributed by atoms with E-state index in [1.807, 2.05) is 42.1 Å². The molecule has 0 bridgehead atoms. The summed E-state index contributed by atoms with van der Waals surface area (Å²) in [4.78, 5) is 27.3. The van der Waals surface area contributed by atoms with Crippen molar-refractivity contribution in [2.45, 2.75) is 31.7 Å². The molecule has 9 nitrogen and oxygen atoms in total.